The van der Waals surface area contributed by atoms with Crippen LogP contribution in [-0.2, 0) is 26.4 Å². The topological polar surface area (TPSA) is 87.9 Å². The smallest absolute Gasteiger partial charge is 0.399 e. The summed E-state index contributed by atoms with van der Waals surface area (Å²) in [6.07, 6.45) is 0. The minimum Gasteiger partial charge on any atom is -0.399 e. The Morgan fingerprint density at radius 1 is 1.22 bits per heavy atom. The zero-order valence-corrected chi connectivity index (χ0v) is 14.7. The van der Waals surface area contributed by atoms with Crippen LogP contribution in [0, 0.1) is 6.92 Å². The van der Waals surface area contributed by atoms with E-state index in [2.05, 4.69) is 4.18 Å². The molecule has 0 atom stereocenters. The van der Waals surface area contributed by atoms with Crippen LogP contribution in [0.15, 0.2) is 12.1 Å². The summed E-state index contributed by atoms with van der Waals surface area (Å²) >= 11 is 0. The van der Waals surface area contributed by atoms with Crippen LogP contribution in [0.4, 0.5) is 3.89 Å². The first kappa shape index (κ1) is 18.2. The van der Waals surface area contributed by atoms with E-state index in [0.717, 1.165) is 5.56 Å². The Morgan fingerprint density at radius 2 is 1.74 bits per heavy atom. The fourth-order valence-corrected chi connectivity index (χ4v) is 2.68. The maximum absolute atomic E-state index is 12.8. The van der Waals surface area contributed by atoms with Crippen molar-refractivity contribution < 1.29 is 25.8 Å². The van der Waals surface area contributed by atoms with Gasteiger partial charge in [-0.3, -0.25) is 0 Å². The quantitative estimate of drug-likeness (QED) is 0.655. The normalized spacial score (nSPS) is 19.9. The molecule has 1 aromatic carbocycles. The van der Waals surface area contributed by atoms with Gasteiger partial charge in [-0.25, -0.2) is 0 Å². The molecular formula is C14H21BFNO5S. The number of benzene rings is 1. The molecule has 2 N–H and O–H groups in total. The first-order valence-electron chi connectivity index (χ1n) is 7.19. The summed E-state index contributed by atoms with van der Waals surface area (Å²) in [7, 11) is -5.85. The Balaban J connectivity index is 2.48. The van der Waals surface area contributed by atoms with Crippen LogP contribution in [0.1, 0.15) is 38.8 Å². The number of halogens is 1. The summed E-state index contributed by atoms with van der Waals surface area (Å²) in [4.78, 5) is 0. The predicted octanol–water partition coefficient (Wildman–Crippen LogP) is 1.35. The van der Waals surface area contributed by atoms with Crippen molar-refractivity contribution in [2.24, 2.45) is 5.73 Å². The van der Waals surface area contributed by atoms with Gasteiger partial charge < -0.3 is 19.2 Å². The van der Waals surface area contributed by atoms with Crippen molar-refractivity contribution in [2.45, 2.75) is 52.4 Å². The molecular weight excluding hydrogens is 324 g/mol. The van der Waals surface area contributed by atoms with Gasteiger partial charge in [0.1, 0.15) is 5.75 Å². The van der Waals surface area contributed by atoms with Crippen LogP contribution in [-0.4, -0.2) is 26.7 Å². The van der Waals surface area contributed by atoms with Crippen LogP contribution in [0.5, 0.6) is 5.75 Å². The molecule has 23 heavy (non-hydrogen) atoms. The highest BCUT2D eigenvalue weighted by atomic mass is 32.3. The zero-order chi connectivity index (χ0) is 17.6. The molecule has 1 heterocycles. The van der Waals surface area contributed by atoms with Gasteiger partial charge in [0.2, 0.25) is 0 Å². The van der Waals surface area contributed by atoms with Gasteiger partial charge in [0, 0.05) is 6.54 Å². The van der Waals surface area contributed by atoms with Gasteiger partial charge in [0.05, 0.1) is 11.2 Å². The molecule has 1 saturated heterocycles. The van der Waals surface area contributed by atoms with E-state index in [4.69, 9.17) is 15.0 Å². The van der Waals surface area contributed by atoms with Crippen molar-refractivity contribution in [3.63, 3.8) is 0 Å². The second-order valence-electron chi connectivity index (χ2n) is 6.57. The Labute approximate surface area is 136 Å². The zero-order valence-electron chi connectivity index (χ0n) is 13.8. The first-order valence-corrected chi connectivity index (χ1v) is 8.50. The second kappa shape index (κ2) is 5.73. The lowest BCUT2D eigenvalue weighted by molar-refractivity contribution is 0.00578. The molecule has 1 aliphatic heterocycles. The summed E-state index contributed by atoms with van der Waals surface area (Å²) in [5.74, 6) is -0.164. The molecule has 1 fully saturated rings. The summed E-state index contributed by atoms with van der Waals surface area (Å²) in [5, 5.41) is 0. The van der Waals surface area contributed by atoms with Crippen molar-refractivity contribution in [1.82, 2.24) is 0 Å². The van der Waals surface area contributed by atoms with Gasteiger partial charge in [0.25, 0.3) is 0 Å². The van der Waals surface area contributed by atoms with Gasteiger partial charge in [-0.2, -0.15) is 8.42 Å². The van der Waals surface area contributed by atoms with E-state index >= 15 is 0 Å². The maximum Gasteiger partial charge on any atom is 0.495 e. The van der Waals surface area contributed by atoms with E-state index in [1.165, 1.54) is 12.1 Å². The molecule has 1 aromatic rings. The molecule has 2 rings (SSSR count). The lowest BCUT2D eigenvalue weighted by Crippen LogP contribution is -2.41. The number of hydrogen-bond donors (Lipinski definition) is 1. The molecule has 0 aromatic heterocycles. The summed E-state index contributed by atoms with van der Waals surface area (Å²) in [6, 6.07) is 2.79. The third-order valence-electron chi connectivity index (χ3n) is 4.45. The second-order valence-corrected chi connectivity index (χ2v) is 7.52. The van der Waals surface area contributed by atoms with E-state index < -0.39 is 28.8 Å². The largest absolute Gasteiger partial charge is 0.495 e. The van der Waals surface area contributed by atoms with Crippen LogP contribution < -0.4 is 15.4 Å². The van der Waals surface area contributed by atoms with Gasteiger partial charge in [0.15, 0.2) is 0 Å². The fraction of sp³-hybridized carbons (Fsp3) is 0.571. The Kier molecular flexibility index (Phi) is 4.53. The molecule has 1 aliphatic rings. The van der Waals surface area contributed by atoms with E-state index in [-0.39, 0.29) is 12.3 Å². The highest BCUT2D eigenvalue weighted by Gasteiger charge is 2.52. The number of rotatable bonds is 4. The summed E-state index contributed by atoms with van der Waals surface area (Å²) in [5.41, 5.74) is 6.53. The predicted molar refractivity (Wildman–Crippen MR) is 85.4 cm³/mol. The number of nitrogens with two attached hydrogens (primary N) is 1. The molecule has 0 radical (unpaired) electrons. The molecule has 0 amide bonds. The SMILES string of the molecule is Cc1c(CN)cc(OS(=O)(=O)F)cc1B1OC(C)(C)C(C)(C)O1. The summed E-state index contributed by atoms with van der Waals surface area (Å²) < 4.78 is 50.6. The van der Waals surface area contributed by atoms with E-state index in [0.29, 0.717) is 11.0 Å². The lowest BCUT2D eigenvalue weighted by Gasteiger charge is -2.32. The minimum absolute atomic E-state index is 0.141. The molecule has 0 spiro atoms. The maximum atomic E-state index is 12.8. The minimum atomic E-state index is -5.12. The molecule has 9 heteroatoms. The van der Waals surface area contributed by atoms with Gasteiger partial charge in [-0.05, 0) is 63.3 Å². The average molecular weight is 345 g/mol. The Hall–Kier alpha value is -1.16. The number of hydrogen-bond acceptors (Lipinski definition) is 6. The lowest BCUT2D eigenvalue weighted by atomic mass is 9.75. The van der Waals surface area contributed by atoms with Crippen molar-refractivity contribution >= 4 is 23.1 Å². The monoisotopic (exact) mass is 345 g/mol. The molecule has 6 nitrogen and oxygen atoms in total. The average Bonchev–Trinajstić information content (AvgIpc) is 2.58. The molecule has 128 valence electrons. The molecule has 0 bridgehead atoms. The van der Waals surface area contributed by atoms with Crippen molar-refractivity contribution in [3.05, 3.63) is 23.3 Å². The third-order valence-corrected chi connectivity index (χ3v) is 4.84. The molecule has 0 aliphatic carbocycles. The first-order chi connectivity index (χ1) is 10.4. The molecule has 0 saturated carbocycles. The standard InChI is InChI=1S/C14H21BFNO5S/c1-9-10(8-17)6-11(20-23(16,18)19)7-12(9)15-21-13(2,3)14(4,5)22-15/h6-7H,8,17H2,1-5H3. The van der Waals surface area contributed by atoms with Gasteiger partial charge in [-0.15, -0.1) is 0 Å². The Bertz CT molecular complexity index is 704. The van der Waals surface area contributed by atoms with Gasteiger partial charge in [-0.1, -0.05) is 3.89 Å². The van der Waals surface area contributed by atoms with Crippen LogP contribution in [0.25, 0.3) is 0 Å². The van der Waals surface area contributed by atoms with Crippen molar-refractivity contribution in [2.75, 3.05) is 0 Å². The van der Waals surface area contributed by atoms with Crippen molar-refractivity contribution in [3.8, 4) is 5.75 Å². The van der Waals surface area contributed by atoms with Gasteiger partial charge >= 0.3 is 17.6 Å². The Morgan fingerprint density at radius 3 is 2.17 bits per heavy atom. The van der Waals surface area contributed by atoms with E-state index in [9.17, 15) is 12.3 Å². The fourth-order valence-electron chi connectivity index (χ4n) is 2.36. The molecule has 0 unspecified atom stereocenters. The van der Waals surface area contributed by atoms with E-state index in [1.54, 1.807) is 0 Å². The van der Waals surface area contributed by atoms with Crippen LogP contribution in [0.3, 0.4) is 0 Å². The van der Waals surface area contributed by atoms with Crippen LogP contribution in [0.2, 0.25) is 0 Å². The summed E-state index contributed by atoms with van der Waals surface area (Å²) in [6.45, 7) is 9.56. The third kappa shape index (κ3) is 3.68. The highest BCUT2D eigenvalue weighted by Crippen LogP contribution is 2.37. The van der Waals surface area contributed by atoms with E-state index in [1.807, 2.05) is 34.6 Å². The van der Waals surface area contributed by atoms with Crippen molar-refractivity contribution in [1.29, 1.82) is 0 Å². The van der Waals surface area contributed by atoms with Crippen LogP contribution >= 0.6 is 0 Å². The highest BCUT2D eigenvalue weighted by molar-refractivity contribution is 7.81.